The highest BCUT2D eigenvalue weighted by atomic mass is 35.5. The number of aliphatic hydroxyl groups is 4. The van der Waals surface area contributed by atoms with Crippen LogP contribution in [0.5, 0.6) is 0 Å². The second-order valence-electron chi connectivity index (χ2n) is 8.66. The molecule has 0 amide bonds. The van der Waals surface area contributed by atoms with Gasteiger partial charge < -0.3 is 25.2 Å². The molecule has 9 nitrogen and oxygen atoms in total. The van der Waals surface area contributed by atoms with Gasteiger partial charge in [-0.1, -0.05) is 23.7 Å². The van der Waals surface area contributed by atoms with Crippen LogP contribution in [-0.2, 0) is 18.2 Å². The molecule has 2 aromatic rings. The summed E-state index contributed by atoms with van der Waals surface area (Å²) in [6.45, 7) is -0.453. The van der Waals surface area contributed by atoms with Crippen LogP contribution in [0.2, 0.25) is 5.02 Å². The maximum Gasteiger partial charge on any atom is 0.177 e. The lowest BCUT2D eigenvalue weighted by Crippen LogP contribution is -2.55. The van der Waals surface area contributed by atoms with Crippen molar-refractivity contribution in [3.63, 3.8) is 0 Å². The summed E-state index contributed by atoms with van der Waals surface area (Å²) in [7, 11) is 1.77. The smallest absolute Gasteiger partial charge is 0.177 e. The molecule has 2 aliphatic rings. The monoisotopic (exact) mass is 452 g/mol. The Kier molecular flexibility index (Phi) is 6.90. The Morgan fingerprint density at radius 3 is 2.48 bits per heavy atom. The quantitative estimate of drug-likeness (QED) is 0.525. The van der Waals surface area contributed by atoms with Crippen molar-refractivity contribution >= 4 is 11.6 Å². The molecule has 0 unspecified atom stereocenters. The predicted octanol–water partition coefficient (Wildman–Crippen LogP) is 0.895. The first-order valence-electron chi connectivity index (χ1n) is 10.7. The second-order valence-corrected chi connectivity index (χ2v) is 9.07. The highest BCUT2D eigenvalue weighted by molar-refractivity contribution is 6.31. The van der Waals surface area contributed by atoms with Crippen molar-refractivity contribution in [3.8, 4) is 0 Å². The summed E-state index contributed by atoms with van der Waals surface area (Å²) in [6, 6.07) is 5.41. The van der Waals surface area contributed by atoms with E-state index >= 15 is 0 Å². The Labute approximate surface area is 185 Å². The van der Waals surface area contributed by atoms with Gasteiger partial charge >= 0.3 is 0 Å². The van der Waals surface area contributed by atoms with Gasteiger partial charge in [0, 0.05) is 10.9 Å². The minimum absolute atomic E-state index is 0.334. The molecule has 5 atom stereocenters. The van der Waals surface area contributed by atoms with Gasteiger partial charge in [0.15, 0.2) is 5.82 Å². The summed E-state index contributed by atoms with van der Waals surface area (Å²) < 4.78 is 5.69. The normalized spacial score (nSPS) is 34.1. The van der Waals surface area contributed by atoms with Gasteiger partial charge in [0.2, 0.25) is 0 Å². The average molecular weight is 453 g/mol. The van der Waals surface area contributed by atoms with Crippen molar-refractivity contribution in [3.05, 3.63) is 40.2 Å². The molecule has 0 spiro atoms. The van der Waals surface area contributed by atoms with E-state index in [0.29, 0.717) is 22.4 Å². The third-order valence-electron chi connectivity index (χ3n) is 6.53. The standard InChI is InChI=1S/C21H29ClN4O5/c1-26-24-21(23-25-26)12-4-2-11(3-5-12)8-14-9-13(6-7-15(14)22)20-19(30)18(29)17(28)16(10-27)31-20/h6-7,9,11-12,16-20,27-30H,2-5,8,10H2,1H3/t11?,12?,16-,17-,18+,19-,20+/m1/s1. The van der Waals surface area contributed by atoms with Crippen molar-refractivity contribution < 1.29 is 25.2 Å². The molecule has 1 saturated carbocycles. The maximum absolute atomic E-state index is 10.4. The molecule has 31 heavy (non-hydrogen) atoms. The number of nitrogens with zero attached hydrogens (tertiary/aromatic N) is 4. The van der Waals surface area contributed by atoms with Crippen LogP contribution in [0.3, 0.4) is 0 Å². The lowest BCUT2D eigenvalue weighted by Gasteiger charge is -2.40. The van der Waals surface area contributed by atoms with Crippen LogP contribution in [0.15, 0.2) is 18.2 Å². The highest BCUT2D eigenvalue weighted by Crippen LogP contribution is 2.38. The van der Waals surface area contributed by atoms with Gasteiger partial charge in [-0.3, -0.25) is 0 Å². The Balaban J connectivity index is 1.44. The van der Waals surface area contributed by atoms with Crippen molar-refractivity contribution in [2.24, 2.45) is 13.0 Å². The van der Waals surface area contributed by atoms with E-state index in [4.69, 9.17) is 16.3 Å². The number of aliphatic hydroxyl groups excluding tert-OH is 4. The van der Waals surface area contributed by atoms with Crippen molar-refractivity contribution in [2.45, 2.75) is 68.5 Å². The van der Waals surface area contributed by atoms with E-state index in [1.54, 1.807) is 19.2 Å². The van der Waals surface area contributed by atoms with Crippen LogP contribution in [0, 0.1) is 5.92 Å². The summed E-state index contributed by atoms with van der Waals surface area (Å²) >= 11 is 6.46. The molecule has 2 heterocycles. The summed E-state index contributed by atoms with van der Waals surface area (Å²) in [5.74, 6) is 1.61. The Hall–Kier alpha value is -1.62. The molecule has 1 saturated heterocycles. The van der Waals surface area contributed by atoms with Crippen molar-refractivity contribution in [2.75, 3.05) is 6.61 Å². The number of aryl methyl sites for hydroxylation is 1. The zero-order valence-corrected chi connectivity index (χ0v) is 18.1. The lowest BCUT2D eigenvalue weighted by atomic mass is 9.78. The molecule has 4 rings (SSSR count). The molecule has 1 aliphatic heterocycles. The minimum Gasteiger partial charge on any atom is -0.394 e. The van der Waals surface area contributed by atoms with E-state index in [2.05, 4.69) is 15.4 Å². The average Bonchev–Trinajstić information content (AvgIpc) is 3.21. The fraction of sp³-hybridized carbons (Fsp3) is 0.667. The molecule has 0 bridgehead atoms. The molecule has 0 radical (unpaired) electrons. The van der Waals surface area contributed by atoms with Crippen molar-refractivity contribution in [1.29, 1.82) is 0 Å². The number of ether oxygens (including phenoxy) is 1. The zero-order valence-electron chi connectivity index (χ0n) is 17.4. The summed E-state index contributed by atoms with van der Waals surface area (Å²) in [6.07, 6.45) is -1.01. The maximum atomic E-state index is 10.4. The number of benzene rings is 1. The van der Waals surface area contributed by atoms with Gasteiger partial charge in [0.05, 0.1) is 13.7 Å². The molecule has 1 aliphatic carbocycles. The van der Waals surface area contributed by atoms with E-state index in [0.717, 1.165) is 43.5 Å². The van der Waals surface area contributed by atoms with E-state index in [1.165, 1.54) is 4.80 Å². The molecular weight excluding hydrogens is 424 g/mol. The number of rotatable bonds is 5. The van der Waals surface area contributed by atoms with Crippen LogP contribution in [0.1, 0.15) is 54.7 Å². The largest absolute Gasteiger partial charge is 0.394 e. The fourth-order valence-electron chi connectivity index (χ4n) is 4.70. The van der Waals surface area contributed by atoms with Gasteiger partial charge in [-0.15, -0.1) is 10.2 Å². The first kappa shape index (κ1) is 22.6. The number of tetrazole rings is 1. The number of aromatic nitrogens is 4. The van der Waals surface area contributed by atoms with Crippen LogP contribution in [-0.4, -0.2) is 71.7 Å². The summed E-state index contributed by atoms with van der Waals surface area (Å²) in [5, 5.41) is 53.0. The highest BCUT2D eigenvalue weighted by Gasteiger charge is 2.44. The first-order chi connectivity index (χ1) is 14.9. The molecule has 1 aromatic carbocycles. The fourth-order valence-corrected chi connectivity index (χ4v) is 4.90. The topological polar surface area (TPSA) is 134 Å². The molecule has 10 heteroatoms. The predicted molar refractivity (Wildman–Crippen MR) is 111 cm³/mol. The SMILES string of the molecule is Cn1nnc(C2CCC(Cc3cc([C@@H]4O[C@H](CO)[C@@H](O)[C@H](O)[C@H]4O)ccc3Cl)CC2)n1. The van der Waals surface area contributed by atoms with E-state index in [-0.39, 0.29) is 0 Å². The molecule has 170 valence electrons. The van der Waals surface area contributed by atoms with E-state index in [1.807, 2.05) is 6.07 Å². The van der Waals surface area contributed by atoms with Gasteiger partial charge in [-0.2, -0.15) is 4.80 Å². The zero-order chi connectivity index (χ0) is 22.1. The van der Waals surface area contributed by atoms with Gasteiger partial charge in [-0.25, -0.2) is 0 Å². The van der Waals surface area contributed by atoms with Gasteiger partial charge in [0.25, 0.3) is 0 Å². The molecule has 2 fully saturated rings. The lowest BCUT2D eigenvalue weighted by molar-refractivity contribution is -0.231. The van der Waals surface area contributed by atoms with Crippen LogP contribution >= 0.6 is 11.6 Å². The third kappa shape index (κ3) is 4.76. The Bertz CT molecular complexity index is 886. The summed E-state index contributed by atoms with van der Waals surface area (Å²) in [4.78, 5) is 1.49. The second kappa shape index (κ2) is 9.48. The molecule has 4 N–H and O–H groups in total. The minimum atomic E-state index is -1.40. The van der Waals surface area contributed by atoms with Crippen LogP contribution in [0.4, 0.5) is 0 Å². The third-order valence-corrected chi connectivity index (χ3v) is 6.90. The van der Waals surface area contributed by atoms with Crippen LogP contribution in [0.25, 0.3) is 0 Å². The first-order valence-corrected chi connectivity index (χ1v) is 11.1. The van der Waals surface area contributed by atoms with Crippen molar-refractivity contribution in [1.82, 2.24) is 20.2 Å². The Morgan fingerprint density at radius 1 is 1.10 bits per heavy atom. The summed E-state index contributed by atoms with van der Waals surface area (Å²) in [5.41, 5.74) is 1.62. The van der Waals surface area contributed by atoms with Gasteiger partial charge in [0.1, 0.15) is 30.5 Å². The number of halogens is 1. The molecule has 1 aromatic heterocycles. The van der Waals surface area contributed by atoms with E-state index in [9.17, 15) is 20.4 Å². The molecular formula is C21H29ClN4O5. The number of hydrogen-bond donors (Lipinski definition) is 4. The number of hydrogen-bond acceptors (Lipinski definition) is 8. The van der Waals surface area contributed by atoms with Crippen LogP contribution < -0.4 is 0 Å². The van der Waals surface area contributed by atoms with E-state index < -0.39 is 37.1 Å². The van der Waals surface area contributed by atoms with Gasteiger partial charge in [-0.05, 0) is 60.4 Å². The Morgan fingerprint density at radius 2 is 1.84 bits per heavy atom.